The summed E-state index contributed by atoms with van der Waals surface area (Å²) in [5.74, 6) is 2.24. The van der Waals surface area contributed by atoms with Gasteiger partial charge in [-0.15, -0.1) is 0 Å². The number of hydrogen-bond acceptors (Lipinski definition) is 4. The maximum Gasteiger partial charge on any atom is 0.223 e. The van der Waals surface area contributed by atoms with Gasteiger partial charge in [0.2, 0.25) is 5.89 Å². The molecule has 1 aromatic rings. The molecule has 6 nitrogen and oxygen atoms in total. The minimum Gasteiger partial charge on any atom is -0.357 e. The Morgan fingerprint density at radius 3 is 2.82 bits per heavy atom. The van der Waals surface area contributed by atoms with Crippen LogP contribution in [-0.4, -0.2) is 40.6 Å². The van der Waals surface area contributed by atoms with Gasteiger partial charge in [-0.2, -0.15) is 4.98 Å². The van der Waals surface area contributed by atoms with E-state index < -0.39 is 0 Å². The predicted molar refractivity (Wildman–Crippen MR) is 85.6 cm³/mol. The van der Waals surface area contributed by atoms with Gasteiger partial charge in [0.25, 0.3) is 0 Å². The fraction of sp³-hybridized carbons (Fsp3) is 0.812. The van der Waals surface area contributed by atoms with Crippen molar-refractivity contribution in [2.45, 2.75) is 58.9 Å². The Morgan fingerprint density at radius 1 is 1.32 bits per heavy atom. The van der Waals surface area contributed by atoms with Crippen LogP contribution in [0.2, 0.25) is 0 Å². The molecule has 6 heteroatoms. The fourth-order valence-corrected chi connectivity index (χ4v) is 3.80. The van der Waals surface area contributed by atoms with E-state index in [2.05, 4.69) is 27.3 Å². The van der Waals surface area contributed by atoms with Gasteiger partial charge < -0.3 is 14.7 Å². The molecule has 0 amide bonds. The van der Waals surface area contributed by atoms with Crippen molar-refractivity contribution in [3.8, 4) is 0 Å². The van der Waals surface area contributed by atoms with E-state index in [9.17, 15) is 0 Å². The monoisotopic (exact) mass is 305 g/mol. The highest BCUT2D eigenvalue weighted by molar-refractivity contribution is 5.80. The smallest absolute Gasteiger partial charge is 0.223 e. The number of nitrogens with zero attached hydrogens (tertiary/aromatic N) is 4. The number of likely N-dealkylation sites (tertiary alicyclic amines) is 1. The van der Waals surface area contributed by atoms with E-state index in [1.807, 2.05) is 0 Å². The van der Waals surface area contributed by atoms with Gasteiger partial charge in [-0.05, 0) is 31.6 Å². The van der Waals surface area contributed by atoms with E-state index in [0.717, 1.165) is 25.6 Å². The fourth-order valence-electron chi connectivity index (χ4n) is 3.80. The van der Waals surface area contributed by atoms with E-state index in [1.54, 1.807) is 6.92 Å². The van der Waals surface area contributed by atoms with Crippen LogP contribution in [0.5, 0.6) is 0 Å². The van der Waals surface area contributed by atoms with E-state index in [-0.39, 0.29) is 0 Å². The molecule has 122 valence electrons. The van der Waals surface area contributed by atoms with Crippen LogP contribution < -0.4 is 5.32 Å². The Morgan fingerprint density at radius 2 is 2.14 bits per heavy atom. The minimum absolute atomic E-state index is 0.475. The van der Waals surface area contributed by atoms with Crippen LogP contribution in [0.25, 0.3) is 0 Å². The van der Waals surface area contributed by atoms with Gasteiger partial charge in [0.05, 0.1) is 0 Å². The van der Waals surface area contributed by atoms with Crippen molar-refractivity contribution in [1.29, 1.82) is 0 Å². The normalized spacial score (nSPS) is 21.5. The molecule has 0 atom stereocenters. The van der Waals surface area contributed by atoms with Gasteiger partial charge in [0.15, 0.2) is 11.8 Å². The summed E-state index contributed by atoms with van der Waals surface area (Å²) >= 11 is 0. The standard InChI is InChI=1S/C16H27N5O/c1-3-17-15(18-11-14-19-13(2)22-20-14)21-10-9-16(12-21)7-5-4-6-8-16/h3-12H2,1-2H3,(H,17,18). The first kappa shape index (κ1) is 15.3. The average molecular weight is 305 g/mol. The SMILES string of the molecule is CCNC(=NCc1noc(C)n1)N1CCC2(CCCCC2)C1. The molecule has 1 spiro atoms. The van der Waals surface area contributed by atoms with Crippen LogP contribution in [0.15, 0.2) is 9.52 Å². The number of nitrogens with one attached hydrogen (secondary N) is 1. The molecule has 0 aromatic carbocycles. The first-order valence-corrected chi connectivity index (χ1v) is 8.53. The minimum atomic E-state index is 0.475. The van der Waals surface area contributed by atoms with Crippen LogP contribution in [-0.2, 0) is 6.54 Å². The van der Waals surface area contributed by atoms with Gasteiger partial charge in [-0.3, -0.25) is 0 Å². The van der Waals surface area contributed by atoms with Crippen molar-refractivity contribution in [1.82, 2.24) is 20.4 Å². The molecule has 1 saturated carbocycles. The molecule has 2 fully saturated rings. The molecule has 0 unspecified atom stereocenters. The number of aryl methyl sites for hydroxylation is 1. The number of hydrogen-bond donors (Lipinski definition) is 1. The molecule has 2 aliphatic rings. The third-order valence-corrected chi connectivity index (χ3v) is 4.93. The second kappa shape index (κ2) is 6.67. The van der Waals surface area contributed by atoms with E-state index >= 15 is 0 Å². The number of aromatic nitrogens is 2. The highest BCUT2D eigenvalue weighted by atomic mass is 16.5. The van der Waals surface area contributed by atoms with Gasteiger partial charge in [-0.1, -0.05) is 24.4 Å². The molecule has 1 saturated heterocycles. The summed E-state index contributed by atoms with van der Waals surface area (Å²) < 4.78 is 5.01. The predicted octanol–water partition coefficient (Wildman–Crippen LogP) is 2.50. The van der Waals surface area contributed by atoms with Gasteiger partial charge in [-0.25, -0.2) is 4.99 Å². The first-order chi connectivity index (χ1) is 10.7. The Bertz CT molecular complexity index is 518. The lowest BCUT2D eigenvalue weighted by molar-refractivity contribution is 0.203. The Kier molecular flexibility index (Phi) is 4.64. The van der Waals surface area contributed by atoms with Crippen LogP contribution >= 0.6 is 0 Å². The zero-order chi connectivity index (χ0) is 15.4. The van der Waals surface area contributed by atoms with E-state index in [4.69, 9.17) is 9.52 Å². The van der Waals surface area contributed by atoms with Gasteiger partial charge >= 0.3 is 0 Å². The Labute approximate surface area is 132 Å². The maximum absolute atomic E-state index is 5.01. The summed E-state index contributed by atoms with van der Waals surface area (Å²) in [4.78, 5) is 11.3. The molecule has 2 heterocycles. The highest BCUT2D eigenvalue weighted by Gasteiger charge is 2.39. The second-order valence-electron chi connectivity index (χ2n) is 6.63. The molecular weight excluding hydrogens is 278 g/mol. The summed E-state index contributed by atoms with van der Waals surface area (Å²) in [6.07, 6.45) is 8.26. The molecular formula is C16H27N5O. The zero-order valence-corrected chi connectivity index (χ0v) is 13.8. The van der Waals surface area contributed by atoms with Crippen molar-refractivity contribution < 1.29 is 4.52 Å². The van der Waals surface area contributed by atoms with Crippen molar-refractivity contribution >= 4 is 5.96 Å². The van der Waals surface area contributed by atoms with Crippen molar-refractivity contribution in [3.05, 3.63) is 11.7 Å². The summed E-state index contributed by atoms with van der Waals surface area (Å²) in [6, 6.07) is 0. The molecule has 1 aliphatic carbocycles. The largest absolute Gasteiger partial charge is 0.357 e. The summed E-state index contributed by atoms with van der Waals surface area (Å²) in [7, 11) is 0. The topological polar surface area (TPSA) is 66.5 Å². The molecule has 1 aromatic heterocycles. The number of guanidine groups is 1. The number of aliphatic imine (C=N–C) groups is 1. The lowest BCUT2D eigenvalue weighted by Gasteiger charge is -2.33. The highest BCUT2D eigenvalue weighted by Crippen LogP contribution is 2.43. The van der Waals surface area contributed by atoms with Crippen LogP contribution in [0, 0.1) is 12.3 Å². The molecule has 0 radical (unpaired) electrons. The maximum atomic E-state index is 5.01. The van der Waals surface area contributed by atoms with Crippen molar-refractivity contribution in [2.24, 2.45) is 10.4 Å². The van der Waals surface area contributed by atoms with Gasteiger partial charge in [0.1, 0.15) is 6.54 Å². The summed E-state index contributed by atoms with van der Waals surface area (Å²) in [5.41, 5.74) is 0.539. The molecule has 1 aliphatic heterocycles. The Hall–Kier alpha value is -1.59. The quantitative estimate of drug-likeness (QED) is 0.686. The second-order valence-corrected chi connectivity index (χ2v) is 6.63. The summed E-state index contributed by atoms with van der Waals surface area (Å²) in [5, 5.41) is 7.33. The lowest BCUT2D eigenvalue weighted by Crippen LogP contribution is -2.41. The van der Waals surface area contributed by atoms with Crippen molar-refractivity contribution in [2.75, 3.05) is 19.6 Å². The zero-order valence-electron chi connectivity index (χ0n) is 13.8. The average Bonchev–Trinajstić information content (AvgIpc) is 3.11. The van der Waals surface area contributed by atoms with Gasteiger partial charge in [0, 0.05) is 26.6 Å². The third kappa shape index (κ3) is 3.42. The Balaban J connectivity index is 1.65. The van der Waals surface area contributed by atoms with Crippen LogP contribution in [0.1, 0.15) is 57.2 Å². The van der Waals surface area contributed by atoms with Crippen LogP contribution in [0.3, 0.4) is 0 Å². The molecule has 1 N–H and O–H groups in total. The molecule has 3 rings (SSSR count). The van der Waals surface area contributed by atoms with Crippen molar-refractivity contribution in [3.63, 3.8) is 0 Å². The lowest BCUT2D eigenvalue weighted by atomic mass is 9.73. The first-order valence-electron chi connectivity index (χ1n) is 8.53. The van der Waals surface area contributed by atoms with E-state index in [0.29, 0.717) is 23.7 Å². The van der Waals surface area contributed by atoms with E-state index in [1.165, 1.54) is 38.5 Å². The molecule has 0 bridgehead atoms. The third-order valence-electron chi connectivity index (χ3n) is 4.93. The van der Waals surface area contributed by atoms with Crippen LogP contribution in [0.4, 0.5) is 0 Å². The molecule has 22 heavy (non-hydrogen) atoms. The summed E-state index contributed by atoms with van der Waals surface area (Å²) in [6.45, 7) is 7.52. The number of rotatable bonds is 3.